The maximum atomic E-state index is 14.0. The molecule has 0 bridgehead atoms. The molecule has 1 heterocycles. The molecule has 1 aromatic carbocycles. The van der Waals surface area contributed by atoms with Crippen LogP contribution >= 0.6 is 11.6 Å². The molecule has 0 unspecified atom stereocenters. The van der Waals surface area contributed by atoms with E-state index in [0.29, 0.717) is 13.1 Å². The van der Waals surface area contributed by atoms with Crippen LogP contribution in [-0.2, 0) is 10.0 Å². The van der Waals surface area contributed by atoms with Crippen LogP contribution in [0, 0.1) is 11.2 Å². The van der Waals surface area contributed by atoms with Gasteiger partial charge >= 0.3 is 0 Å². The average Bonchev–Trinajstić information content (AvgIpc) is 2.33. The van der Waals surface area contributed by atoms with E-state index >= 15 is 0 Å². The molecule has 1 saturated heterocycles. The fraction of sp³-hybridized carbons (Fsp3) is 0.538. The molecule has 2 rings (SSSR count). The number of nitrogens with two attached hydrogens (primary N) is 1. The minimum absolute atomic E-state index is 0.109. The number of hydrogen-bond donors (Lipinski definition) is 1. The van der Waals surface area contributed by atoms with Crippen LogP contribution in [0.15, 0.2) is 17.0 Å². The van der Waals surface area contributed by atoms with Crippen LogP contribution < -0.4 is 5.73 Å². The van der Waals surface area contributed by atoms with Crippen molar-refractivity contribution in [1.82, 2.24) is 4.31 Å². The van der Waals surface area contributed by atoms with Crippen molar-refractivity contribution in [3.63, 3.8) is 0 Å². The van der Waals surface area contributed by atoms with E-state index in [0.717, 1.165) is 18.9 Å². The Hall–Kier alpha value is -0.850. The molecule has 1 aromatic rings. The molecule has 7 heteroatoms. The van der Waals surface area contributed by atoms with E-state index in [-0.39, 0.29) is 16.1 Å². The van der Waals surface area contributed by atoms with Crippen LogP contribution in [0.1, 0.15) is 26.7 Å². The largest absolute Gasteiger partial charge is 0.396 e. The summed E-state index contributed by atoms with van der Waals surface area (Å²) in [5.41, 5.74) is 5.30. The standard InChI is InChI=1S/C13H18ClFN2O2S/c1-13(2)3-5-17(6-4-13)20(18,19)11-8-9(14)7-10(16)12(11)15/h7-8H,3-6,16H2,1-2H3. The summed E-state index contributed by atoms with van der Waals surface area (Å²) in [6.45, 7) is 4.94. The molecule has 1 fully saturated rings. The van der Waals surface area contributed by atoms with E-state index in [2.05, 4.69) is 13.8 Å². The lowest BCUT2D eigenvalue weighted by Gasteiger charge is -2.36. The number of sulfonamides is 1. The summed E-state index contributed by atoms with van der Waals surface area (Å²) in [5.74, 6) is -0.931. The van der Waals surface area contributed by atoms with E-state index in [9.17, 15) is 12.8 Å². The molecular weight excluding hydrogens is 303 g/mol. The van der Waals surface area contributed by atoms with Gasteiger partial charge in [-0.15, -0.1) is 0 Å². The van der Waals surface area contributed by atoms with Gasteiger partial charge in [-0.1, -0.05) is 25.4 Å². The first-order valence-electron chi connectivity index (χ1n) is 6.38. The fourth-order valence-electron chi connectivity index (χ4n) is 2.24. The molecule has 0 atom stereocenters. The van der Waals surface area contributed by atoms with E-state index in [1.54, 1.807) is 0 Å². The highest BCUT2D eigenvalue weighted by Gasteiger charge is 2.34. The van der Waals surface area contributed by atoms with Gasteiger partial charge in [0.2, 0.25) is 10.0 Å². The molecule has 0 spiro atoms. The number of piperidine rings is 1. The lowest BCUT2D eigenvalue weighted by atomic mass is 9.83. The molecule has 1 aliphatic rings. The minimum Gasteiger partial charge on any atom is -0.396 e. The number of nitrogens with zero attached hydrogens (tertiary/aromatic N) is 1. The first-order valence-corrected chi connectivity index (χ1v) is 8.20. The Balaban J connectivity index is 2.37. The molecule has 4 nitrogen and oxygen atoms in total. The monoisotopic (exact) mass is 320 g/mol. The zero-order valence-corrected chi connectivity index (χ0v) is 13.1. The summed E-state index contributed by atoms with van der Waals surface area (Å²) in [7, 11) is -3.89. The number of benzene rings is 1. The SMILES string of the molecule is CC1(C)CCN(S(=O)(=O)c2cc(Cl)cc(N)c2F)CC1. The zero-order valence-electron chi connectivity index (χ0n) is 11.5. The Bertz CT molecular complexity index is 622. The Kier molecular flexibility index (Phi) is 4.01. The van der Waals surface area contributed by atoms with Gasteiger partial charge in [0.1, 0.15) is 4.90 Å². The number of halogens is 2. The van der Waals surface area contributed by atoms with Gasteiger partial charge in [-0.2, -0.15) is 4.31 Å². The summed E-state index contributed by atoms with van der Waals surface area (Å²) in [6.07, 6.45) is 1.48. The Morgan fingerprint density at radius 3 is 2.40 bits per heavy atom. The van der Waals surface area contributed by atoms with Crippen LogP contribution in [-0.4, -0.2) is 25.8 Å². The second-order valence-electron chi connectivity index (χ2n) is 5.88. The van der Waals surface area contributed by atoms with E-state index in [4.69, 9.17) is 17.3 Å². The number of hydrogen-bond acceptors (Lipinski definition) is 3. The summed E-state index contributed by atoms with van der Waals surface area (Å²) in [5, 5.41) is 0.111. The quantitative estimate of drug-likeness (QED) is 0.852. The highest BCUT2D eigenvalue weighted by atomic mass is 35.5. The van der Waals surface area contributed by atoms with Crippen LogP contribution in [0.4, 0.5) is 10.1 Å². The molecule has 2 N–H and O–H groups in total. The zero-order chi connectivity index (χ0) is 15.1. The molecule has 0 saturated carbocycles. The predicted octanol–water partition coefficient (Wildman–Crippen LogP) is 2.87. The van der Waals surface area contributed by atoms with Gasteiger partial charge in [0.25, 0.3) is 0 Å². The molecule has 20 heavy (non-hydrogen) atoms. The van der Waals surface area contributed by atoms with Gasteiger partial charge in [0.15, 0.2) is 5.82 Å². The Labute approximate surface area is 123 Å². The molecule has 0 radical (unpaired) electrons. The van der Waals surface area contributed by atoms with Gasteiger partial charge in [-0.05, 0) is 30.4 Å². The predicted molar refractivity (Wildman–Crippen MR) is 77.6 cm³/mol. The van der Waals surface area contributed by atoms with Gasteiger partial charge in [0.05, 0.1) is 5.69 Å². The van der Waals surface area contributed by atoms with Crippen LogP contribution in [0.25, 0.3) is 0 Å². The van der Waals surface area contributed by atoms with Crippen molar-refractivity contribution in [2.45, 2.75) is 31.6 Å². The topological polar surface area (TPSA) is 63.4 Å². The summed E-state index contributed by atoms with van der Waals surface area (Å²) in [4.78, 5) is -0.442. The van der Waals surface area contributed by atoms with Gasteiger partial charge in [-0.3, -0.25) is 0 Å². The first kappa shape index (κ1) is 15.5. The third-order valence-electron chi connectivity index (χ3n) is 3.73. The van der Waals surface area contributed by atoms with Gasteiger partial charge < -0.3 is 5.73 Å². The summed E-state index contributed by atoms with van der Waals surface area (Å²) < 4.78 is 40.3. The minimum atomic E-state index is -3.89. The van der Waals surface area contributed by atoms with Crippen LogP contribution in [0.3, 0.4) is 0 Å². The summed E-state index contributed by atoms with van der Waals surface area (Å²) in [6, 6.07) is 2.32. The van der Waals surface area contributed by atoms with Crippen molar-refractivity contribution in [1.29, 1.82) is 0 Å². The lowest BCUT2D eigenvalue weighted by Crippen LogP contribution is -2.41. The van der Waals surface area contributed by atoms with Crippen LogP contribution in [0.5, 0.6) is 0 Å². The Morgan fingerprint density at radius 2 is 1.85 bits per heavy atom. The maximum Gasteiger partial charge on any atom is 0.246 e. The van der Waals surface area contributed by atoms with Crippen LogP contribution in [0.2, 0.25) is 5.02 Å². The van der Waals surface area contributed by atoms with Gasteiger partial charge in [0, 0.05) is 18.1 Å². The molecule has 0 aliphatic carbocycles. The van der Waals surface area contributed by atoms with Crippen molar-refractivity contribution in [2.75, 3.05) is 18.8 Å². The van der Waals surface area contributed by atoms with E-state index < -0.39 is 20.7 Å². The van der Waals surface area contributed by atoms with Crippen molar-refractivity contribution in [3.8, 4) is 0 Å². The molecule has 0 aromatic heterocycles. The molecule has 1 aliphatic heterocycles. The fourth-order valence-corrected chi connectivity index (χ4v) is 4.10. The van der Waals surface area contributed by atoms with E-state index in [1.165, 1.54) is 10.4 Å². The third-order valence-corrected chi connectivity index (χ3v) is 5.84. The smallest absolute Gasteiger partial charge is 0.246 e. The van der Waals surface area contributed by atoms with Crippen molar-refractivity contribution < 1.29 is 12.8 Å². The van der Waals surface area contributed by atoms with Crippen molar-refractivity contribution in [2.24, 2.45) is 5.41 Å². The number of nitrogen functional groups attached to an aromatic ring is 1. The van der Waals surface area contributed by atoms with E-state index in [1.807, 2.05) is 0 Å². The highest BCUT2D eigenvalue weighted by Crippen LogP contribution is 2.34. The highest BCUT2D eigenvalue weighted by molar-refractivity contribution is 7.89. The second-order valence-corrected chi connectivity index (χ2v) is 8.22. The normalized spacial score (nSPS) is 20.0. The first-order chi connectivity index (χ1) is 9.13. The Morgan fingerprint density at radius 1 is 1.30 bits per heavy atom. The average molecular weight is 321 g/mol. The van der Waals surface area contributed by atoms with Crippen molar-refractivity contribution >= 4 is 27.3 Å². The second kappa shape index (κ2) is 5.16. The lowest BCUT2D eigenvalue weighted by molar-refractivity contribution is 0.195. The summed E-state index contributed by atoms with van der Waals surface area (Å²) >= 11 is 5.78. The third kappa shape index (κ3) is 2.92. The molecule has 112 valence electrons. The maximum absolute atomic E-state index is 14.0. The molecular formula is C13H18ClFN2O2S. The van der Waals surface area contributed by atoms with Crippen molar-refractivity contribution in [3.05, 3.63) is 23.0 Å². The number of anilines is 1. The van der Waals surface area contributed by atoms with Gasteiger partial charge in [-0.25, -0.2) is 12.8 Å². The molecule has 0 amide bonds. The number of rotatable bonds is 2.